The molecule has 1 unspecified atom stereocenters. The molecule has 0 saturated heterocycles. The van der Waals surface area contributed by atoms with E-state index in [-0.39, 0.29) is 23.8 Å². The first-order chi connectivity index (χ1) is 8.56. The van der Waals surface area contributed by atoms with E-state index in [0.29, 0.717) is 12.3 Å². The zero-order chi connectivity index (χ0) is 13.1. The minimum Gasteiger partial charge on any atom is -0.350 e. The topological polar surface area (TPSA) is 55.1 Å². The van der Waals surface area contributed by atoms with Gasteiger partial charge in [0.2, 0.25) is 5.91 Å². The molecule has 1 saturated carbocycles. The van der Waals surface area contributed by atoms with Crippen molar-refractivity contribution in [2.75, 3.05) is 0 Å². The Hall–Kier alpha value is -1.42. The van der Waals surface area contributed by atoms with Crippen LogP contribution in [0.15, 0.2) is 24.3 Å². The van der Waals surface area contributed by atoms with Crippen molar-refractivity contribution in [2.24, 2.45) is 11.7 Å². The molecule has 1 amide bonds. The lowest BCUT2D eigenvalue weighted by Gasteiger charge is -2.16. The summed E-state index contributed by atoms with van der Waals surface area (Å²) in [6, 6.07) is 6.01. The fourth-order valence-corrected chi connectivity index (χ4v) is 2.04. The fraction of sp³-hybridized carbons (Fsp3) is 0.500. The van der Waals surface area contributed by atoms with E-state index in [4.69, 9.17) is 5.73 Å². The number of hydrogen-bond donors (Lipinski definition) is 2. The smallest absolute Gasteiger partial charge is 0.222 e. The van der Waals surface area contributed by atoms with E-state index in [0.717, 1.165) is 18.4 Å². The second-order valence-corrected chi connectivity index (χ2v) is 5.05. The maximum atomic E-state index is 12.8. The van der Waals surface area contributed by atoms with Crippen molar-refractivity contribution in [3.8, 4) is 0 Å². The number of carbonyl (C=O) groups excluding carboxylic acids is 1. The summed E-state index contributed by atoms with van der Waals surface area (Å²) in [5, 5.41) is 2.89. The van der Waals surface area contributed by atoms with E-state index in [1.54, 1.807) is 12.1 Å². The van der Waals surface area contributed by atoms with E-state index in [9.17, 15) is 9.18 Å². The van der Waals surface area contributed by atoms with Gasteiger partial charge in [-0.3, -0.25) is 4.79 Å². The van der Waals surface area contributed by atoms with Crippen LogP contribution in [0.2, 0.25) is 0 Å². The van der Waals surface area contributed by atoms with Gasteiger partial charge in [-0.05, 0) is 43.4 Å². The van der Waals surface area contributed by atoms with Crippen LogP contribution < -0.4 is 11.1 Å². The van der Waals surface area contributed by atoms with Crippen LogP contribution in [0.3, 0.4) is 0 Å². The highest BCUT2D eigenvalue weighted by Gasteiger charge is 2.29. The molecule has 1 fully saturated rings. The molecule has 98 valence electrons. The van der Waals surface area contributed by atoms with E-state index in [2.05, 4.69) is 5.32 Å². The Balaban J connectivity index is 1.84. The van der Waals surface area contributed by atoms with Gasteiger partial charge in [-0.15, -0.1) is 0 Å². The van der Waals surface area contributed by atoms with E-state index in [1.165, 1.54) is 12.1 Å². The molecular weight excluding hydrogens is 231 g/mol. The van der Waals surface area contributed by atoms with Crippen molar-refractivity contribution in [1.29, 1.82) is 0 Å². The average molecular weight is 250 g/mol. The van der Waals surface area contributed by atoms with Gasteiger partial charge in [-0.25, -0.2) is 4.39 Å². The van der Waals surface area contributed by atoms with Crippen molar-refractivity contribution in [3.05, 3.63) is 35.6 Å². The van der Waals surface area contributed by atoms with Gasteiger partial charge in [0.15, 0.2) is 0 Å². The number of nitrogens with one attached hydrogen (secondary N) is 1. The highest BCUT2D eigenvalue weighted by Crippen LogP contribution is 2.32. The summed E-state index contributed by atoms with van der Waals surface area (Å²) in [6.45, 7) is 1.88. The van der Waals surface area contributed by atoms with Crippen LogP contribution in [-0.4, -0.2) is 11.9 Å². The number of benzene rings is 1. The maximum Gasteiger partial charge on any atom is 0.222 e. The minimum atomic E-state index is -0.270. The molecule has 0 bridgehead atoms. The Bertz CT molecular complexity index is 414. The summed E-state index contributed by atoms with van der Waals surface area (Å²) in [5.74, 6) is 0.219. The molecule has 3 N–H and O–H groups in total. The van der Waals surface area contributed by atoms with Crippen LogP contribution in [0.5, 0.6) is 0 Å². The zero-order valence-electron chi connectivity index (χ0n) is 10.5. The molecule has 2 atom stereocenters. The van der Waals surface area contributed by atoms with Gasteiger partial charge < -0.3 is 11.1 Å². The summed E-state index contributed by atoms with van der Waals surface area (Å²) in [5.41, 5.74) is 6.80. The lowest BCUT2D eigenvalue weighted by atomic mass is 10.1. The molecule has 0 aromatic heterocycles. The first-order valence-corrected chi connectivity index (χ1v) is 6.36. The molecule has 0 heterocycles. The van der Waals surface area contributed by atoms with Gasteiger partial charge in [0, 0.05) is 12.5 Å². The van der Waals surface area contributed by atoms with Crippen LogP contribution in [0.25, 0.3) is 0 Å². The number of hydrogen-bond acceptors (Lipinski definition) is 2. The molecule has 3 nitrogen and oxygen atoms in total. The molecular formula is C14H19FN2O. The number of amides is 1. The highest BCUT2D eigenvalue weighted by molar-refractivity contribution is 5.77. The van der Waals surface area contributed by atoms with Gasteiger partial charge in [0.1, 0.15) is 5.82 Å². The normalized spacial score (nSPS) is 18.2. The average Bonchev–Trinajstić information content (AvgIpc) is 3.13. The summed E-state index contributed by atoms with van der Waals surface area (Å²) in [7, 11) is 0. The van der Waals surface area contributed by atoms with E-state index in [1.807, 2.05) is 6.92 Å². The standard InChI is InChI=1S/C14H19FN2O/c1-9(10-4-6-12(15)7-5-10)17-14(18)8-13(16)11-2-3-11/h4-7,9,11,13H,2-3,8,16H2,1H3,(H,17,18)/t9-,13?/m0/s1. The van der Waals surface area contributed by atoms with E-state index < -0.39 is 0 Å². The number of nitrogens with two attached hydrogens (primary N) is 1. The van der Waals surface area contributed by atoms with Crippen LogP contribution in [0, 0.1) is 11.7 Å². The van der Waals surface area contributed by atoms with Gasteiger partial charge in [0.25, 0.3) is 0 Å². The molecule has 1 aromatic rings. The number of carbonyl (C=O) groups is 1. The molecule has 0 radical (unpaired) electrons. The third kappa shape index (κ3) is 3.53. The van der Waals surface area contributed by atoms with Crippen LogP contribution in [-0.2, 0) is 4.79 Å². The predicted octanol–water partition coefficient (Wildman–Crippen LogP) is 2.13. The molecule has 2 rings (SSSR count). The Morgan fingerprint density at radius 1 is 1.44 bits per heavy atom. The van der Waals surface area contributed by atoms with Gasteiger partial charge in [0.05, 0.1) is 6.04 Å². The third-order valence-corrected chi connectivity index (χ3v) is 3.40. The first kappa shape index (κ1) is 13.0. The Labute approximate surface area is 107 Å². The lowest BCUT2D eigenvalue weighted by molar-refractivity contribution is -0.122. The number of halogens is 1. The van der Waals surface area contributed by atoms with Gasteiger partial charge in [-0.1, -0.05) is 12.1 Å². The molecule has 1 aromatic carbocycles. The highest BCUT2D eigenvalue weighted by atomic mass is 19.1. The largest absolute Gasteiger partial charge is 0.350 e. The van der Waals surface area contributed by atoms with E-state index >= 15 is 0 Å². The summed E-state index contributed by atoms with van der Waals surface area (Å²) >= 11 is 0. The second kappa shape index (κ2) is 5.48. The maximum absolute atomic E-state index is 12.8. The van der Waals surface area contributed by atoms with Crippen LogP contribution >= 0.6 is 0 Å². The van der Waals surface area contributed by atoms with Gasteiger partial charge in [-0.2, -0.15) is 0 Å². The van der Waals surface area contributed by atoms with Crippen molar-refractivity contribution in [1.82, 2.24) is 5.32 Å². The van der Waals surface area contributed by atoms with Gasteiger partial charge >= 0.3 is 0 Å². The van der Waals surface area contributed by atoms with Crippen molar-refractivity contribution < 1.29 is 9.18 Å². The first-order valence-electron chi connectivity index (χ1n) is 6.36. The predicted molar refractivity (Wildman–Crippen MR) is 68.3 cm³/mol. The van der Waals surface area contributed by atoms with Crippen molar-refractivity contribution in [3.63, 3.8) is 0 Å². The molecule has 18 heavy (non-hydrogen) atoms. The van der Waals surface area contributed by atoms with Crippen molar-refractivity contribution >= 4 is 5.91 Å². The quantitative estimate of drug-likeness (QED) is 0.841. The minimum absolute atomic E-state index is 0.0228. The Morgan fingerprint density at radius 2 is 2.06 bits per heavy atom. The lowest BCUT2D eigenvalue weighted by Crippen LogP contribution is -2.34. The summed E-state index contributed by atoms with van der Waals surface area (Å²) in [4.78, 5) is 11.8. The summed E-state index contributed by atoms with van der Waals surface area (Å²) in [6.07, 6.45) is 2.65. The molecule has 0 spiro atoms. The zero-order valence-corrected chi connectivity index (χ0v) is 10.5. The van der Waals surface area contributed by atoms with Crippen molar-refractivity contribution in [2.45, 2.75) is 38.3 Å². The monoisotopic (exact) mass is 250 g/mol. The van der Waals surface area contributed by atoms with Crippen LogP contribution in [0.4, 0.5) is 4.39 Å². The van der Waals surface area contributed by atoms with Crippen LogP contribution in [0.1, 0.15) is 37.8 Å². The summed E-state index contributed by atoms with van der Waals surface area (Å²) < 4.78 is 12.8. The number of rotatable bonds is 5. The third-order valence-electron chi connectivity index (χ3n) is 3.40. The Morgan fingerprint density at radius 3 is 2.61 bits per heavy atom. The molecule has 1 aliphatic carbocycles. The Kier molecular flexibility index (Phi) is 3.97. The second-order valence-electron chi connectivity index (χ2n) is 5.05. The molecule has 1 aliphatic rings. The molecule has 0 aliphatic heterocycles. The SMILES string of the molecule is C[C@H](NC(=O)CC(N)C1CC1)c1ccc(F)cc1. The molecule has 4 heteroatoms. The fourth-order valence-electron chi connectivity index (χ4n) is 2.04.